The number of fused-ring (bicyclic) bond motifs is 1. The minimum atomic E-state index is -1.05. The third-order valence-electron chi connectivity index (χ3n) is 6.10. The van der Waals surface area contributed by atoms with Crippen molar-refractivity contribution >= 4 is 40.4 Å². The molecule has 11 heteroatoms. The van der Waals surface area contributed by atoms with E-state index in [0.717, 1.165) is 17.7 Å². The predicted molar refractivity (Wildman–Crippen MR) is 155 cm³/mol. The molecular weight excluding hydrogens is 528 g/mol. The van der Waals surface area contributed by atoms with Gasteiger partial charge in [-0.2, -0.15) is 0 Å². The van der Waals surface area contributed by atoms with Crippen molar-refractivity contribution in [3.05, 3.63) is 30.0 Å². The van der Waals surface area contributed by atoms with E-state index in [-0.39, 0.29) is 18.0 Å². The summed E-state index contributed by atoms with van der Waals surface area (Å²) in [4.78, 5) is 65.5. The third-order valence-corrected chi connectivity index (χ3v) is 6.10. The molecule has 41 heavy (non-hydrogen) atoms. The summed E-state index contributed by atoms with van der Waals surface area (Å²) < 4.78 is 10.4. The molecule has 2 aromatic rings. The van der Waals surface area contributed by atoms with E-state index in [2.05, 4.69) is 41.7 Å². The van der Waals surface area contributed by atoms with Gasteiger partial charge in [0.25, 0.3) is 5.91 Å². The van der Waals surface area contributed by atoms with Crippen LogP contribution in [0.3, 0.4) is 0 Å². The van der Waals surface area contributed by atoms with Crippen LogP contribution in [0.15, 0.2) is 24.3 Å². The molecule has 226 valence electrons. The molecule has 11 nitrogen and oxygen atoms in total. The molecule has 1 aliphatic rings. The first-order valence-corrected chi connectivity index (χ1v) is 13.9. The third kappa shape index (κ3) is 10.5. The summed E-state index contributed by atoms with van der Waals surface area (Å²) in [7, 11) is 1.53. The highest BCUT2D eigenvalue weighted by Gasteiger charge is 2.31. The molecule has 1 aliphatic heterocycles. The lowest BCUT2D eigenvalue weighted by Crippen LogP contribution is -2.49. The van der Waals surface area contributed by atoms with Crippen LogP contribution in [0.2, 0.25) is 0 Å². The summed E-state index contributed by atoms with van der Waals surface area (Å²) in [5, 5.41) is 8.60. The van der Waals surface area contributed by atoms with E-state index >= 15 is 0 Å². The number of hydrogen-bond acceptors (Lipinski definition) is 7. The number of carbonyl (C=O) groups is 5. The smallest absolute Gasteiger partial charge is 0.311 e. The van der Waals surface area contributed by atoms with Crippen molar-refractivity contribution in [1.82, 2.24) is 20.9 Å². The van der Waals surface area contributed by atoms with Crippen LogP contribution < -0.4 is 20.7 Å². The van der Waals surface area contributed by atoms with E-state index in [1.165, 1.54) is 7.11 Å². The van der Waals surface area contributed by atoms with Gasteiger partial charge in [-0.25, -0.2) is 0 Å². The quantitative estimate of drug-likeness (QED) is 0.319. The van der Waals surface area contributed by atoms with E-state index in [1.807, 2.05) is 0 Å². The van der Waals surface area contributed by atoms with Gasteiger partial charge in [-0.1, -0.05) is 26.8 Å². The lowest BCUT2D eigenvalue weighted by atomic mass is 9.90. The molecule has 0 radical (unpaired) electrons. The second-order valence-corrected chi connectivity index (χ2v) is 11.8. The maximum atomic E-state index is 12.9. The summed E-state index contributed by atoms with van der Waals surface area (Å²) in [6, 6.07) is 5.93. The summed E-state index contributed by atoms with van der Waals surface area (Å²) in [5.41, 5.74) is 0.155. The van der Waals surface area contributed by atoms with E-state index in [9.17, 15) is 24.0 Å². The van der Waals surface area contributed by atoms with Crippen molar-refractivity contribution in [2.75, 3.05) is 26.8 Å². The van der Waals surface area contributed by atoms with Gasteiger partial charge < -0.3 is 30.4 Å². The van der Waals surface area contributed by atoms with Crippen LogP contribution in [0.25, 0.3) is 10.9 Å². The van der Waals surface area contributed by atoms with Gasteiger partial charge in [-0.05, 0) is 64.2 Å². The first kappa shape index (κ1) is 33.3. The zero-order chi connectivity index (χ0) is 30.7. The molecule has 0 aliphatic carbocycles. The van der Waals surface area contributed by atoms with Crippen LogP contribution in [0.1, 0.15) is 71.3 Å². The van der Waals surface area contributed by atoms with Crippen LogP contribution >= 0.6 is 0 Å². The van der Waals surface area contributed by atoms with Gasteiger partial charge in [0, 0.05) is 23.4 Å². The average molecular weight is 573 g/mol. The van der Waals surface area contributed by atoms with Gasteiger partial charge in [0.2, 0.25) is 11.8 Å². The number of H-pyrrole nitrogens is 1. The highest BCUT2D eigenvalue weighted by Crippen LogP contribution is 2.26. The second kappa shape index (κ2) is 15.2. The van der Waals surface area contributed by atoms with Crippen LogP contribution in [0.5, 0.6) is 5.75 Å². The van der Waals surface area contributed by atoms with E-state index in [0.29, 0.717) is 24.2 Å². The number of esters is 1. The molecule has 1 unspecified atom stereocenters. The number of aromatic amines is 1. The molecule has 2 heterocycles. The van der Waals surface area contributed by atoms with E-state index < -0.39 is 54.1 Å². The molecule has 0 saturated carbocycles. The van der Waals surface area contributed by atoms with Crippen LogP contribution in [-0.2, 0) is 23.9 Å². The van der Waals surface area contributed by atoms with Crippen molar-refractivity contribution in [3.63, 3.8) is 0 Å². The normalized spacial score (nSPS) is 15.7. The molecule has 2 atom stereocenters. The number of aromatic nitrogens is 1. The van der Waals surface area contributed by atoms with Crippen molar-refractivity contribution in [1.29, 1.82) is 0 Å². The zero-order valence-electron chi connectivity index (χ0n) is 25.1. The standard InChI is InChI=1S/C26H34N4O7.C4H10/c1-26(2,3)25(35)37-14-20(31)18(11-15-7-6-10-27-23(15)33)30-22(32)13-28-24(34)19-12-16-17(29-19)8-5-9-21(16)36-4;1-4(2)3/h5,8-9,12,15,18,29H,6-7,10-11,13-14H2,1-4H3,(H,27,33)(H,28,34)(H,30,32);4H,1-3H3/t15-,18?;/m0./s1. The molecule has 3 amide bonds. The monoisotopic (exact) mass is 572 g/mol. The number of nitrogens with one attached hydrogen (secondary N) is 4. The Balaban J connectivity index is 0.00000138. The fraction of sp³-hybridized carbons (Fsp3) is 0.567. The summed E-state index contributed by atoms with van der Waals surface area (Å²) in [6.07, 6.45) is 1.41. The summed E-state index contributed by atoms with van der Waals surface area (Å²) >= 11 is 0. The molecule has 4 N–H and O–H groups in total. The van der Waals surface area contributed by atoms with Crippen LogP contribution in [-0.4, -0.2) is 67.3 Å². The number of carbonyl (C=O) groups excluding carboxylic acids is 5. The van der Waals surface area contributed by atoms with Gasteiger partial charge in [0.1, 0.15) is 11.4 Å². The molecule has 1 saturated heterocycles. The highest BCUT2D eigenvalue weighted by atomic mass is 16.5. The van der Waals surface area contributed by atoms with Crippen molar-refractivity contribution in [2.45, 2.75) is 66.8 Å². The Labute approximate surface area is 241 Å². The molecule has 1 fully saturated rings. The molecule has 1 aromatic heterocycles. The highest BCUT2D eigenvalue weighted by molar-refractivity contribution is 6.01. The molecule has 1 aromatic carbocycles. The average Bonchev–Trinajstić information content (AvgIpc) is 3.35. The van der Waals surface area contributed by atoms with Crippen LogP contribution in [0.4, 0.5) is 0 Å². The Bertz CT molecular complexity index is 1230. The number of amides is 3. The predicted octanol–water partition coefficient (Wildman–Crippen LogP) is 3.13. The maximum Gasteiger partial charge on any atom is 0.311 e. The number of methoxy groups -OCH3 is 1. The summed E-state index contributed by atoms with van der Waals surface area (Å²) in [6.45, 7) is 11.1. The van der Waals surface area contributed by atoms with Crippen molar-refractivity contribution < 1.29 is 33.4 Å². The van der Waals surface area contributed by atoms with Gasteiger partial charge >= 0.3 is 5.97 Å². The molecule has 0 bridgehead atoms. The van der Waals surface area contributed by atoms with E-state index in [4.69, 9.17) is 9.47 Å². The fourth-order valence-corrected chi connectivity index (χ4v) is 4.00. The molecule has 3 rings (SSSR count). The minimum Gasteiger partial charge on any atom is -0.496 e. The number of benzene rings is 1. The lowest BCUT2D eigenvalue weighted by molar-refractivity contribution is -0.156. The van der Waals surface area contributed by atoms with Gasteiger partial charge in [0.15, 0.2) is 12.4 Å². The number of ketones is 1. The Hall–Kier alpha value is -3.89. The molecular formula is C30H44N4O7. The van der Waals surface area contributed by atoms with Gasteiger partial charge in [-0.3, -0.25) is 24.0 Å². The number of rotatable bonds is 10. The van der Waals surface area contributed by atoms with Crippen molar-refractivity contribution in [3.8, 4) is 5.75 Å². The Morgan fingerprint density at radius 3 is 2.41 bits per heavy atom. The topological polar surface area (TPSA) is 156 Å². The Morgan fingerprint density at radius 1 is 1.12 bits per heavy atom. The Kier molecular flexibility index (Phi) is 12.4. The largest absolute Gasteiger partial charge is 0.496 e. The maximum absolute atomic E-state index is 12.9. The van der Waals surface area contributed by atoms with Crippen molar-refractivity contribution in [2.24, 2.45) is 17.3 Å². The zero-order valence-corrected chi connectivity index (χ0v) is 25.1. The number of Topliss-reactive ketones (excluding diaryl/α,β-unsaturated/α-hetero) is 1. The molecule has 0 spiro atoms. The number of piperidine rings is 1. The van der Waals surface area contributed by atoms with Crippen LogP contribution in [0, 0.1) is 17.3 Å². The van der Waals surface area contributed by atoms with Gasteiger partial charge in [0.05, 0.1) is 25.1 Å². The second-order valence-electron chi connectivity index (χ2n) is 11.8. The lowest BCUT2D eigenvalue weighted by Gasteiger charge is -2.26. The van der Waals surface area contributed by atoms with Gasteiger partial charge in [-0.15, -0.1) is 0 Å². The Morgan fingerprint density at radius 2 is 1.80 bits per heavy atom. The SMILES string of the molecule is CC(C)C.COc1cccc2[nH]c(C(=O)NCC(=O)NC(C[C@@H]3CCCNC3=O)C(=O)COC(=O)C(C)(C)C)cc12. The fourth-order valence-electron chi connectivity index (χ4n) is 4.00. The first-order valence-electron chi connectivity index (χ1n) is 13.9. The summed E-state index contributed by atoms with van der Waals surface area (Å²) in [5.74, 6) is -1.42. The first-order chi connectivity index (χ1) is 19.2. The number of ether oxygens (including phenoxy) is 2. The van der Waals surface area contributed by atoms with E-state index in [1.54, 1.807) is 45.0 Å². The minimum absolute atomic E-state index is 0.0687. The number of hydrogen-bond donors (Lipinski definition) is 4.